The van der Waals surface area contributed by atoms with Crippen LogP contribution in [0.5, 0.6) is 0 Å². The van der Waals surface area contributed by atoms with Gasteiger partial charge in [-0.1, -0.05) is 36.4 Å². The van der Waals surface area contributed by atoms with Crippen LogP contribution in [-0.2, 0) is 22.5 Å². The fourth-order valence-electron chi connectivity index (χ4n) is 2.17. The van der Waals surface area contributed by atoms with Crippen molar-refractivity contribution in [1.82, 2.24) is 0 Å². The van der Waals surface area contributed by atoms with Crippen LogP contribution >= 0.6 is 0 Å². The molecule has 1 N–H and O–H groups in total. The molecule has 0 heterocycles. The van der Waals surface area contributed by atoms with Crippen LogP contribution in [0.4, 0.5) is 10.1 Å². The smallest absolute Gasteiger partial charge is 0.309 e. The van der Waals surface area contributed by atoms with Gasteiger partial charge in [-0.3, -0.25) is 4.79 Å². The Morgan fingerprint density at radius 1 is 1.14 bits per heavy atom. The third-order valence-electron chi connectivity index (χ3n) is 3.36. The van der Waals surface area contributed by atoms with Crippen molar-refractivity contribution < 1.29 is 13.9 Å². The minimum Gasteiger partial charge on any atom is -0.469 e. The highest BCUT2D eigenvalue weighted by molar-refractivity contribution is 5.73. The van der Waals surface area contributed by atoms with Crippen LogP contribution < -0.4 is 5.32 Å². The molecule has 0 bridgehead atoms. The average Bonchev–Trinajstić information content (AvgIpc) is 2.48. The molecule has 0 aliphatic rings. The Kier molecular flexibility index (Phi) is 4.93. The summed E-state index contributed by atoms with van der Waals surface area (Å²) in [6.45, 7) is 2.31. The van der Waals surface area contributed by atoms with Crippen LogP contribution in [0.3, 0.4) is 0 Å². The fourth-order valence-corrected chi connectivity index (χ4v) is 2.17. The molecule has 0 fully saturated rings. The Labute approximate surface area is 123 Å². The Morgan fingerprint density at radius 3 is 2.52 bits per heavy atom. The van der Waals surface area contributed by atoms with E-state index in [4.69, 9.17) is 4.74 Å². The molecule has 0 saturated carbocycles. The van der Waals surface area contributed by atoms with Gasteiger partial charge in [-0.15, -0.1) is 0 Å². The van der Waals surface area contributed by atoms with Gasteiger partial charge in [0.25, 0.3) is 0 Å². The first-order valence-electron chi connectivity index (χ1n) is 6.74. The van der Waals surface area contributed by atoms with Gasteiger partial charge < -0.3 is 10.1 Å². The number of anilines is 1. The van der Waals surface area contributed by atoms with E-state index in [0.717, 1.165) is 16.7 Å². The summed E-state index contributed by atoms with van der Waals surface area (Å²) in [5.74, 6) is -0.565. The second-order valence-electron chi connectivity index (χ2n) is 4.81. The maximum Gasteiger partial charge on any atom is 0.309 e. The zero-order chi connectivity index (χ0) is 15.2. The molecule has 4 heteroatoms. The normalized spacial score (nSPS) is 10.2. The number of para-hydroxylation sites is 1. The number of carbonyl (C=O) groups excluding carboxylic acids is 1. The van der Waals surface area contributed by atoms with Gasteiger partial charge in [0, 0.05) is 6.54 Å². The quantitative estimate of drug-likeness (QED) is 0.856. The van der Waals surface area contributed by atoms with Crippen LogP contribution in [0, 0.1) is 12.7 Å². The Balaban J connectivity index is 2.15. The molecule has 2 rings (SSSR count). The van der Waals surface area contributed by atoms with Crippen LogP contribution in [-0.4, -0.2) is 13.1 Å². The number of halogens is 1. The van der Waals surface area contributed by atoms with Crippen molar-refractivity contribution in [2.75, 3.05) is 12.4 Å². The van der Waals surface area contributed by atoms with E-state index in [9.17, 15) is 9.18 Å². The molecule has 0 aliphatic carbocycles. The van der Waals surface area contributed by atoms with Crippen molar-refractivity contribution in [3.8, 4) is 0 Å². The largest absolute Gasteiger partial charge is 0.469 e. The Bertz CT molecular complexity index is 620. The third kappa shape index (κ3) is 3.81. The number of methoxy groups -OCH3 is 1. The molecular formula is C17H18FNO2. The van der Waals surface area contributed by atoms with Crippen molar-refractivity contribution in [3.63, 3.8) is 0 Å². The highest BCUT2D eigenvalue weighted by Gasteiger charge is 2.09. The lowest BCUT2D eigenvalue weighted by atomic mass is 10.0. The summed E-state index contributed by atoms with van der Waals surface area (Å²) < 4.78 is 18.5. The average molecular weight is 287 g/mol. The standard InChI is InChI=1S/C17H18FNO2/c1-12-6-5-9-15(18)17(12)19-11-14-8-4-3-7-13(14)10-16(20)21-2/h3-9,19H,10-11H2,1-2H3. The van der Waals surface area contributed by atoms with E-state index in [-0.39, 0.29) is 18.2 Å². The highest BCUT2D eigenvalue weighted by Crippen LogP contribution is 2.20. The minimum absolute atomic E-state index is 0.213. The lowest BCUT2D eigenvalue weighted by molar-refractivity contribution is -0.139. The van der Waals surface area contributed by atoms with E-state index in [1.54, 1.807) is 6.07 Å². The van der Waals surface area contributed by atoms with E-state index in [1.807, 2.05) is 37.3 Å². The number of carbonyl (C=O) groups is 1. The number of nitrogens with one attached hydrogen (secondary N) is 1. The molecule has 110 valence electrons. The van der Waals surface area contributed by atoms with Gasteiger partial charge in [0.15, 0.2) is 0 Å². The van der Waals surface area contributed by atoms with Crippen molar-refractivity contribution in [2.45, 2.75) is 19.9 Å². The number of rotatable bonds is 5. The first kappa shape index (κ1) is 15.0. The number of benzene rings is 2. The third-order valence-corrected chi connectivity index (χ3v) is 3.36. The van der Waals surface area contributed by atoms with Crippen molar-refractivity contribution >= 4 is 11.7 Å². The summed E-state index contributed by atoms with van der Waals surface area (Å²) in [5, 5.41) is 3.10. The molecule has 0 saturated heterocycles. The number of hydrogen-bond donors (Lipinski definition) is 1. The predicted octanol–water partition coefficient (Wildman–Crippen LogP) is 3.46. The van der Waals surface area contributed by atoms with Gasteiger partial charge >= 0.3 is 5.97 Å². The van der Waals surface area contributed by atoms with E-state index in [0.29, 0.717) is 12.2 Å². The van der Waals surface area contributed by atoms with Gasteiger partial charge in [-0.25, -0.2) is 4.39 Å². The van der Waals surface area contributed by atoms with Crippen LogP contribution in [0.15, 0.2) is 42.5 Å². The molecule has 3 nitrogen and oxygen atoms in total. The molecule has 0 unspecified atom stereocenters. The molecule has 0 spiro atoms. The number of ether oxygens (including phenoxy) is 1. The van der Waals surface area contributed by atoms with Crippen molar-refractivity contribution in [1.29, 1.82) is 0 Å². The molecule has 0 atom stereocenters. The van der Waals surface area contributed by atoms with Crippen LogP contribution in [0.1, 0.15) is 16.7 Å². The minimum atomic E-state index is -0.287. The van der Waals surface area contributed by atoms with E-state index >= 15 is 0 Å². The lowest BCUT2D eigenvalue weighted by Crippen LogP contribution is -2.10. The second kappa shape index (κ2) is 6.88. The molecule has 21 heavy (non-hydrogen) atoms. The molecule has 0 amide bonds. The van der Waals surface area contributed by atoms with Gasteiger partial charge in [-0.2, -0.15) is 0 Å². The van der Waals surface area contributed by atoms with E-state index < -0.39 is 0 Å². The first-order valence-corrected chi connectivity index (χ1v) is 6.74. The van der Waals surface area contributed by atoms with Crippen LogP contribution in [0.25, 0.3) is 0 Å². The van der Waals surface area contributed by atoms with Crippen LogP contribution in [0.2, 0.25) is 0 Å². The number of hydrogen-bond acceptors (Lipinski definition) is 3. The van der Waals surface area contributed by atoms with Crippen molar-refractivity contribution in [2.24, 2.45) is 0 Å². The summed E-state index contributed by atoms with van der Waals surface area (Å²) in [4.78, 5) is 11.4. The maximum atomic E-state index is 13.8. The van der Waals surface area contributed by atoms with E-state index in [1.165, 1.54) is 13.2 Å². The summed E-state index contributed by atoms with van der Waals surface area (Å²) in [5.41, 5.74) is 3.17. The topological polar surface area (TPSA) is 38.3 Å². The Hall–Kier alpha value is -2.36. The second-order valence-corrected chi connectivity index (χ2v) is 4.81. The zero-order valence-corrected chi connectivity index (χ0v) is 12.2. The Morgan fingerprint density at radius 2 is 1.86 bits per heavy atom. The van der Waals surface area contributed by atoms with Gasteiger partial charge in [0.1, 0.15) is 5.82 Å². The molecule has 0 aliphatic heterocycles. The summed E-state index contributed by atoms with van der Waals surface area (Å²) in [7, 11) is 1.37. The first-order chi connectivity index (χ1) is 10.1. The number of aryl methyl sites for hydroxylation is 1. The summed E-state index contributed by atoms with van der Waals surface area (Å²) >= 11 is 0. The zero-order valence-electron chi connectivity index (χ0n) is 12.2. The number of esters is 1. The van der Waals surface area contributed by atoms with E-state index in [2.05, 4.69) is 5.32 Å². The molecule has 0 radical (unpaired) electrons. The molecule has 0 aromatic heterocycles. The van der Waals surface area contributed by atoms with Crippen molar-refractivity contribution in [3.05, 3.63) is 65.0 Å². The molecule has 2 aromatic carbocycles. The predicted molar refractivity (Wildman–Crippen MR) is 80.6 cm³/mol. The maximum absolute atomic E-state index is 13.8. The SMILES string of the molecule is COC(=O)Cc1ccccc1CNc1c(C)cccc1F. The lowest BCUT2D eigenvalue weighted by Gasteiger charge is -2.13. The molecular weight excluding hydrogens is 269 g/mol. The fraction of sp³-hybridized carbons (Fsp3) is 0.235. The highest BCUT2D eigenvalue weighted by atomic mass is 19.1. The monoisotopic (exact) mass is 287 g/mol. The van der Waals surface area contributed by atoms with Gasteiger partial charge in [-0.05, 0) is 29.7 Å². The summed E-state index contributed by atoms with van der Waals surface area (Å²) in [6.07, 6.45) is 0.213. The van der Waals surface area contributed by atoms with Gasteiger partial charge in [0.05, 0.1) is 19.2 Å². The summed E-state index contributed by atoms with van der Waals surface area (Å²) in [6, 6.07) is 12.5. The molecule has 2 aromatic rings. The van der Waals surface area contributed by atoms with Gasteiger partial charge in [0.2, 0.25) is 0 Å².